The highest BCUT2D eigenvalue weighted by Gasteiger charge is 2.00. The molecule has 2 N–H and O–H groups in total. The van der Waals surface area contributed by atoms with Crippen LogP contribution in [0.1, 0.15) is 12.0 Å². The van der Waals surface area contributed by atoms with Crippen molar-refractivity contribution in [2.24, 2.45) is 0 Å². The van der Waals surface area contributed by atoms with E-state index in [1.165, 1.54) is 5.56 Å². The van der Waals surface area contributed by atoms with E-state index < -0.39 is 0 Å². The van der Waals surface area contributed by atoms with Gasteiger partial charge in [0.25, 0.3) is 0 Å². The standard InChI is InChI=1S/C19H19ClN4/c20-16-8-10-17(11-9-16)24-19-13-18(22-14-23-19)21-12-4-7-15-5-2-1-3-6-15/h1-3,5-6,8-11,13-14H,4,7,12H2,(H2,21,22,23,24). The van der Waals surface area contributed by atoms with E-state index in [-0.39, 0.29) is 0 Å². The van der Waals surface area contributed by atoms with Gasteiger partial charge in [-0.05, 0) is 42.7 Å². The molecule has 5 heteroatoms. The Balaban J connectivity index is 1.50. The smallest absolute Gasteiger partial charge is 0.135 e. The molecule has 3 aromatic rings. The summed E-state index contributed by atoms with van der Waals surface area (Å²) in [6.45, 7) is 0.867. The Kier molecular flexibility index (Phi) is 5.64. The van der Waals surface area contributed by atoms with Gasteiger partial charge < -0.3 is 10.6 Å². The number of benzene rings is 2. The van der Waals surface area contributed by atoms with Crippen LogP contribution in [-0.2, 0) is 6.42 Å². The summed E-state index contributed by atoms with van der Waals surface area (Å²) in [7, 11) is 0. The van der Waals surface area contributed by atoms with Crippen molar-refractivity contribution in [1.82, 2.24) is 9.97 Å². The Hall–Kier alpha value is -2.59. The Morgan fingerprint density at radius 2 is 1.62 bits per heavy atom. The zero-order valence-corrected chi connectivity index (χ0v) is 14.0. The maximum atomic E-state index is 5.89. The van der Waals surface area contributed by atoms with Crippen molar-refractivity contribution in [2.45, 2.75) is 12.8 Å². The van der Waals surface area contributed by atoms with Crippen LogP contribution in [0.2, 0.25) is 5.02 Å². The summed E-state index contributed by atoms with van der Waals surface area (Å²) in [5.41, 5.74) is 2.29. The first-order valence-electron chi connectivity index (χ1n) is 7.92. The van der Waals surface area contributed by atoms with E-state index in [9.17, 15) is 0 Å². The Morgan fingerprint density at radius 1 is 0.875 bits per heavy atom. The normalized spacial score (nSPS) is 10.4. The van der Waals surface area contributed by atoms with Gasteiger partial charge in [0.2, 0.25) is 0 Å². The number of halogens is 1. The van der Waals surface area contributed by atoms with Crippen LogP contribution in [0.25, 0.3) is 0 Å². The summed E-state index contributed by atoms with van der Waals surface area (Å²) < 4.78 is 0. The average Bonchev–Trinajstić information content (AvgIpc) is 2.62. The number of hydrogen-bond acceptors (Lipinski definition) is 4. The quantitative estimate of drug-likeness (QED) is 0.600. The highest BCUT2D eigenvalue weighted by molar-refractivity contribution is 6.30. The third-order valence-corrected chi connectivity index (χ3v) is 3.83. The maximum Gasteiger partial charge on any atom is 0.135 e. The van der Waals surface area contributed by atoms with Crippen molar-refractivity contribution in [3.63, 3.8) is 0 Å². The van der Waals surface area contributed by atoms with Crippen molar-refractivity contribution in [3.05, 3.63) is 77.6 Å². The zero-order valence-electron chi connectivity index (χ0n) is 13.2. The van der Waals surface area contributed by atoms with E-state index in [1.807, 2.05) is 36.4 Å². The predicted molar refractivity (Wildman–Crippen MR) is 100 cm³/mol. The van der Waals surface area contributed by atoms with Crippen LogP contribution < -0.4 is 10.6 Å². The second kappa shape index (κ2) is 8.31. The Labute approximate surface area is 146 Å². The SMILES string of the molecule is Clc1ccc(Nc2cc(NCCCc3ccccc3)ncn2)cc1. The number of anilines is 3. The minimum absolute atomic E-state index is 0.712. The fourth-order valence-electron chi connectivity index (χ4n) is 2.36. The Morgan fingerprint density at radius 3 is 2.42 bits per heavy atom. The van der Waals surface area contributed by atoms with Crippen LogP contribution in [0.4, 0.5) is 17.3 Å². The first-order valence-corrected chi connectivity index (χ1v) is 8.30. The third kappa shape index (κ3) is 4.96. The van der Waals surface area contributed by atoms with E-state index in [2.05, 4.69) is 44.9 Å². The number of rotatable bonds is 7. The number of hydrogen-bond donors (Lipinski definition) is 2. The third-order valence-electron chi connectivity index (χ3n) is 3.57. The van der Waals surface area contributed by atoms with Gasteiger partial charge in [-0.2, -0.15) is 0 Å². The molecule has 2 aromatic carbocycles. The van der Waals surface area contributed by atoms with E-state index in [1.54, 1.807) is 6.33 Å². The van der Waals surface area contributed by atoms with Gasteiger partial charge >= 0.3 is 0 Å². The molecule has 1 aromatic heterocycles. The van der Waals surface area contributed by atoms with Crippen molar-refractivity contribution in [2.75, 3.05) is 17.2 Å². The molecule has 0 saturated heterocycles. The summed E-state index contributed by atoms with van der Waals surface area (Å²) >= 11 is 5.89. The van der Waals surface area contributed by atoms with Crippen molar-refractivity contribution >= 4 is 28.9 Å². The first kappa shape index (κ1) is 16.3. The van der Waals surface area contributed by atoms with Crippen LogP contribution >= 0.6 is 11.6 Å². The molecule has 0 unspecified atom stereocenters. The molecule has 0 amide bonds. The molecule has 4 nitrogen and oxygen atoms in total. The molecule has 1 heterocycles. The van der Waals surface area contributed by atoms with Gasteiger partial charge in [-0.1, -0.05) is 41.9 Å². The molecule has 0 aliphatic carbocycles. The van der Waals surface area contributed by atoms with Crippen LogP contribution in [0.15, 0.2) is 67.0 Å². The van der Waals surface area contributed by atoms with Crippen LogP contribution in [-0.4, -0.2) is 16.5 Å². The molecule has 0 aliphatic heterocycles. The fraction of sp³-hybridized carbons (Fsp3) is 0.158. The van der Waals surface area contributed by atoms with E-state index >= 15 is 0 Å². The van der Waals surface area contributed by atoms with Gasteiger partial charge in [-0.25, -0.2) is 9.97 Å². The lowest BCUT2D eigenvalue weighted by Crippen LogP contribution is -2.05. The number of nitrogens with one attached hydrogen (secondary N) is 2. The molecule has 0 aliphatic rings. The molecule has 3 rings (SSSR count). The molecule has 0 saturated carbocycles. The number of aryl methyl sites for hydroxylation is 1. The molecular weight excluding hydrogens is 320 g/mol. The molecule has 0 atom stereocenters. The monoisotopic (exact) mass is 338 g/mol. The summed E-state index contributed by atoms with van der Waals surface area (Å²) in [5, 5.41) is 7.29. The molecule has 0 bridgehead atoms. The second-order valence-corrected chi connectivity index (χ2v) is 5.87. The van der Waals surface area contributed by atoms with Gasteiger partial charge in [-0.3, -0.25) is 0 Å². The molecule has 122 valence electrons. The summed E-state index contributed by atoms with van der Waals surface area (Å²) in [6, 6.07) is 19.9. The second-order valence-electron chi connectivity index (χ2n) is 5.44. The lowest BCUT2D eigenvalue weighted by atomic mass is 10.1. The van der Waals surface area contributed by atoms with Crippen molar-refractivity contribution < 1.29 is 0 Å². The number of aromatic nitrogens is 2. The fourth-order valence-corrected chi connectivity index (χ4v) is 2.48. The van der Waals surface area contributed by atoms with E-state index in [4.69, 9.17) is 11.6 Å². The van der Waals surface area contributed by atoms with E-state index in [0.29, 0.717) is 5.02 Å². The number of nitrogens with zero attached hydrogens (tertiary/aromatic N) is 2. The lowest BCUT2D eigenvalue weighted by molar-refractivity contribution is 0.858. The van der Waals surface area contributed by atoms with Gasteiger partial charge in [0, 0.05) is 23.3 Å². The summed E-state index contributed by atoms with van der Waals surface area (Å²) in [6.07, 6.45) is 3.65. The van der Waals surface area contributed by atoms with Gasteiger partial charge in [0.05, 0.1) is 0 Å². The predicted octanol–water partition coefficient (Wildman–Crippen LogP) is 4.92. The largest absolute Gasteiger partial charge is 0.370 e. The highest BCUT2D eigenvalue weighted by Crippen LogP contribution is 2.18. The highest BCUT2D eigenvalue weighted by atomic mass is 35.5. The lowest BCUT2D eigenvalue weighted by Gasteiger charge is -2.09. The molecule has 24 heavy (non-hydrogen) atoms. The van der Waals surface area contributed by atoms with Gasteiger partial charge in [-0.15, -0.1) is 0 Å². The topological polar surface area (TPSA) is 49.8 Å². The minimum Gasteiger partial charge on any atom is -0.370 e. The van der Waals surface area contributed by atoms with Crippen LogP contribution in [0, 0.1) is 0 Å². The molecule has 0 fully saturated rings. The van der Waals surface area contributed by atoms with Crippen LogP contribution in [0.3, 0.4) is 0 Å². The van der Waals surface area contributed by atoms with Gasteiger partial charge in [0.15, 0.2) is 0 Å². The van der Waals surface area contributed by atoms with Gasteiger partial charge in [0.1, 0.15) is 18.0 Å². The maximum absolute atomic E-state index is 5.89. The summed E-state index contributed by atoms with van der Waals surface area (Å²) in [5.74, 6) is 1.56. The zero-order chi connectivity index (χ0) is 16.6. The Bertz CT molecular complexity index is 760. The average molecular weight is 339 g/mol. The molecule has 0 radical (unpaired) electrons. The molecule has 0 spiro atoms. The van der Waals surface area contributed by atoms with Crippen molar-refractivity contribution in [1.29, 1.82) is 0 Å². The van der Waals surface area contributed by atoms with E-state index in [0.717, 1.165) is 36.7 Å². The molecular formula is C19H19ClN4. The summed E-state index contributed by atoms with van der Waals surface area (Å²) in [4.78, 5) is 8.49. The van der Waals surface area contributed by atoms with Crippen LogP contribution in [0.5, 0.6) is 0 Å². The minimum atomic E-state index is 0.712. The van der Waals surface area contributed by atoms with Crippen molar-refractivity contribution in [3.8, 4) is 0 Å². The first-order chi connectivity index (χ1) is 11.8.